The average Bonchev–Trinajstić information content (AvgIpc) is 3.20. The SMILES string of the molecule is Cc1cc(C)n(-c2ccc(Oc3ccc(NS(=O)(=O)c4c(C)nn(C)c4C)cc3)nn2)n1. The fraction of sp³-hybridized carbons (Fsp3) is 0.238. The number of aromatic nitrogens is 6. The van der Waals surface area contributed by atoms with Crippen LogP contribution in [0.2, 0.25) is 0 Å². The molecule has 32 heavy (non-hydrogen) atoms. The summed E-state index contributed by atoms with van der Waals surface area (Å²) in [6.07, 6.45) is 0. The van der Waals surface area contributed by atoms with Crippen LogP contribution in [-0.2, 0) is 17.1 Å². The fourth-order valence-corrected chi connectivity index (χ4v) is 4.90. The lowest BCUT2D eigenvalue weighted by Crippen LogP contribution is -2.14. The molecule has 0 aliphatic carbocycles. The summed E-state index contributed by atoms with van der Waals surface area (Å²) in [5, 5.41) is 16.8. The molecule has 1 aromatic carbocycles. The van der Waals surface area contributed by atoms with Gasteiger partial charge in [-0.2, -0.15) is 10.2 Å². The molecule has 3 heterocycles. The van der Waals surface area contributed by atoms with Gasteiger partial charge in [-0.3, -0.25) is 9.40 Å². The quantitative estimate of drug-likeness (QED) is 0.476. The molecular formula is C21H23N7O3S. The van der Waals surface area contributed by atoms with Crippen LogP contribution in [0.25, 0.3) is 5.82 Å². The number of nitrogens with zero attached hydrogens (tertiary/aromatic N) is 6. The highest BCUT2D eigenvalue weighted by Gasteiger charge is 2.23. The summed E-state index contributed by atoms with van der Waals surface area (Å²) in [5.74, 6) is 1.40. The summed E-state index contributed by atoms with van der Waals surface area (Å²) < 4.78 is 37.1. The third kappa shape index (κ3) is 4.19. The van der Waals surface area contributed by atoms with E-state index in [1.54, 1.807) is 66.7 Å². The van der Waals surface area contributed by atoms with Crippen LogP contribution in [0.1, 0.15) is 22.8 Å². The van der Waals surface area contributed by atoms with Crippen molar-refractivity contribution in [2.45, 2.75) is 32.6 Å². The predicted octanol–water partition coefficient (Wildman–Crippen LogP) is 3.22. The van der Waals surface area contributed by atoms with E-state index in [9.17, 15) is 8.42 Å². The summed E-state index contributed by atoms with van der Waals surface area (Å²) in [6, 6.07) is 12.0. The van der Waals surface area contributed by atoms with Crippen molar-refractivity contribution in [3.05, 3.63) is 65.2 Å². The molecule has 166 valence electrons. The van der Waals surface area contributed by atoms with Crippen molar-refractivity contribution in [1.29, 1.82) is 0 Å². The van der Waals surface area contributed by atoms with Gasteiger partial charge in [0.15, 0.2) is 5.82 Å². The minimum absolute atomic E-state index is 0.179. The average molecular weight is 454 g/mol. The van der Waals surface area contributed by atoms with Crippen LogP contribution in [0.15, 0.2) is 47.4 Å². The number of hydrogen-bond donors (Lipinski definition) is 1. The number of hydrogen-bond acceptors (Lipinski definition) is 7. The van der Waals surface area contributed by atoms with Crippen molar-refractivity contribution in [3.8, 4) is 17.4 Å². The molecule has 0 amide bonds. The van der Waals surface area contributed by atoms with E-state index >= 15 is 0 Å². The number of ether oxygens (including phenoxy) is 1. The van der Waals surface area contributed by atoms with Gasteiger partial charge in [-0.1, -0.05) is 0 Å². The smallest absolute Gasteiger partial charge is 0.265 e. The second-order valence-electron chi connectivity index (χ2n) is 7.42. The van der Waals surface area contributed by atoms with Crippen molar-refractivity contribution < 1.29 is 13.2 Å². The zero-order valence-corrected chi connectivity index (χ0v) is 19.2. The van der Waals surface area contributed by atoms with Gasteiger partial charge in [-0.05, 0) is 64.1 Å². The van der Waals surface area contributed by atoms with E-state index in [2.05, 4.69) is 25.1 Å². The van der Waals surface area contributed by atoms with E-state index in [4.69, 9.17) is 4.74 Å². The largest absolute Gasteiger partial charge is 0.438 e. The minimum atomic E-state index is -3.76. The lowest BCUT2D eigenvalue weighted by atomic mass is 10.3. The maximum Gasteiger partial charge on any atom is 0.265 e. The first-order valence-electron chi connectivity index (χ1n) is 9.82. The molecule has 0 fully saturated rings. The standard InChI is InChI=1S/C21H23N7O3S/c1-13-12-14(2)28(24-13)19-10-11-20(23-22-19)31-18-8-6-17(7-9-18)26-32(29,30)21-15(3)25-27(5)16(21)4/h6-12,26H,1-5H3. The molecule has 4 rings (SSSR count). The van der Waals surface area contributed by atoms with E-state index in [-0.39, 0.29) is 4.90 Å². The Bertz CT molecular complexity index is 1370. The topological polar surface area (TPSA) is 117 Å². The van der Waals surface area contributed by atoms with Crippen LogP contribution >= 0.6 is 0 Å². The van der Waals surface area contributed by atoms with Gasteiger partial charge in [0.2, 0.25) is 5.88 Å². The second-order valence-corrected chi connectivity index (χ2v) is 9.04. The molecule has 1 N–H and O–H groups in total. The molecule has 0 bridgehead atoms. The maximum absolute atomic E-state index is 12.8. The zero-order valence-electron chi connectivity index (χ0n) is 18.4. The summed E-state index contributed by atoms with van der Waals surface area (Å²) in [6.45, 7) is 7.24. The first-order valence-corrected chi connectivity index (χ1v) is 11.3. The first kappa shape index (κ1) is 21.5. The van der Waals surface area contributed by atoms with Gasteiger partial charge in [0.25, 0.3) is 10.0 Å². The van der Waals surface area contributed by atoms with Crippen LogP contribution in [0.3, 0.4) is 0 Å². The molecule has 4 aromatic rings. The van der Waals surface area contributed by atoms with E-state index < -0.39 is 10.0 Å². The molecule has 0 unspecified atom stereocenters. The van der Waals surface area contributed by atoms with Gasteiger partial charge in [-0.15, -0.1) is 10.2 Å². The molecule has 0 saturated carbocycles. The Morgan fingerprint density at radius 2 is 1.66 bits per heavy atom. The van der Waals surface area contributed by atoms with Crippen LogP contribution in [0.5, 0.6) is 11.6 Å². The van der Waals surface area contributed by atoms with E-state index in [0.29, 0.717) is 34.5 Å². The number of benzene rings is 1. The lowest BCUT2D eigenvalue weighted by molar-refractivity contribution is 0.454. The maximum atomic E-state index is 12.8. The summed E-state index contributed by atoms with van der Waals surface area (Å²) in [5.41, 5.74) is 3.28. The number of anilines is 1. The normalized spacial score (nSPS) is 11.5. The predicted molar refractivity (Wildman–Crippen MR) is 119 cm³/mol. The van der Waals surface area contributed by atoms with Gasteiger partial charge in [-0.25, -0.2) is 13.1 Å². The monoisotopic (exact) mass is 453 g/mol. The number of rotatable bonds is 6. The van der Waals surface area contributed by atoms with Crippen molar-refractivity contribution >= 4 is 15.7 Å². The van der Waals surface area contributed by atoms with E-state index in [1.807, 2.05) is 19.9 Å². The highest BCUT2D eigenvalue weighted by atomic mass is 32.2. The molecule has 0 spiro atoms. The highest BCUT2D eigenvalue weighted by Crippen LogP contribution is 2.25. The Morgan fingerprint density at radius 1 is 0.938 bits per heavy atom. The molecule has 0 aliphatic heterocycles. The van der Waals surface area contributed by atoms with Crippen LogP contribution < -0.4 is 9.46 Å². The van der Waals surface area contributed by atoms with E-state index in [0.717, 1.165) is 11.4 Å². The number of nitrogens with one attached hydrogen (secondary N) is 1. The molecule has 0 saturated heterocycles. The molecule has 3 aromatic heterocycles. The molecule has 0 aliphatic rings. The molecule has 10 nitrogen and oxygen atoms in total. The zero-order chi connectivity index (χ0) is 23.0. The Hall–Kier alpha value is -3.73. The van der Waals surface area contributed by atoms with Gasteiger partial charge in [0.05, 0.1) is 17.1 Å². The third-order valence-corrected chi connectivity index (χ3v) is 6.53. The third-order valence-electron chi connectivity index (χ3n) is 4.89. The summed E-state index contributed by atoms with van der Waals surface area (Å²) >= 11 is 0. The van der Waals surface area contributed by atoms with Crippen molar-refractivity contribution in [1.82, 2.24) is 29.8 Å². The first-order chi connectivity index (χ1) is 15.1. The molecule has 0 radical (unpaired) electrons. The Labute approximate surface area is 185 Å². The summed E-state index contributed by atoms with van der Waals surface area (Å²) in [4.78, 5) is 0.179. The number of aryl methyl sites for hydroxylation is 4. The van der Waals surface area contributed by atoms with E-state index in [1.165, 1.54) is 0 Å². The van der Waals surface area contributed by atoms with Gasteiger partial charge >= 0.3 is 0 Å². The van der Waals surface area contributed by atoms with Crippen LogP contribution in [-0.4, -0.2) is 38.2 Å². The fourth-order valence-electron chi connectivity index (χ4n) is 3.40. The van der Waals surface area contributed by atoms with Crippen LogP contribution in [0.4, 0.5) is 5.69 Å². The van der Waals surface area contributed by atoms with Crippen molar-refractivity contribution in [2.24, 2.45) is 7.05 Å². The second kappa shape index (κ2) is 8.08. The lowest BCUT2D eigenvalue weighted by Gasteiger charge is -2.10. The van der Waals surface area contributed by atoms with Crippen LogP contribution in [0, 0.1) is 27.7 Å². The molecular weight excluding hydrogens is 430 g/mol. The Morgan fingerprint density at radius 3 is 2.19 bits per heavy atom. The number of sulfonamides is 1. The van der Waals surface area contributed by atoms with Gasteiger partial charge in [0, 0.05) is 24.5 Å². The minimum Gasteiger partial charge on any atom is -0.438 e. The highest BCUT2D eigenvalue weighted by molar-refractivity contribution is 7.92. The Kier molecular flexibility index (Phi) is 5.43. The van der Waals surface area contributed by atoms with Crippen molar-refractivity contribution in [2.75, 3.05) is 4.72 Å². The molecule has 11 heteroatoms. The summed E-state index contributed by atoms with van der Waals surface area (Å²) in [7, 11) is -2.05. The molecule has 0 atom stereocenters. The van der Waals surface area contributed by atoms with Gasteiger partial charge in [0.1, 0.15) is 10.6 Å². The Balaban J connectivity index is 1.46. The van der Waals surface area contributed by atoms with Crippen molar-refractivity contribution in [3.63, 3.8) is 0 Å². The van der Waals surface area contributed by atoms with Gasteiger partial charge < -0.3 is 4.74 Å².